The number of aliphatic imine (C=N–C) groups is 1. The Bertz CT molecular complexity index is 618. The molecule has 2 N–H and O–H groups in total. The number of guanidine groups is 1. The van der Waals surface area contributed by atoms with Gasteiger partial charge in [-0.2, -0.15) is 0 Å². The van der Waals surface area contributed by atoms with Crippen LogP contribution in [0.2, 0.25) is 0 Å². The van der Waals surface area contributed by atoms with Gasteiger partial charge >= 0.3 is 0 Å². The molecule has 7 heteroatoms. The fourth-order valence-electron chi connectivity index (χ4n) is 3.48. The summed E-state index contributed by atoms with van der Waals surface area (Å²) in [5, 5.41) is 6.82. The third kappa shape index (κ3) is 7.40. The van der Waals surface area contributed by atoms with E-state index in [4.69, 9.17) is 19.2 Å². The van der Waals surface area contributed by atoms with Gasteiger partial charge in [0.1, 0.15) is 0 Å². The van der Waals surface area contributed by atoms with Crippen LogP contribution in [0.25, 0.3) is 0 Å². The molecule has 7 nitrogen and oxygen atoms in total. The lowest BCUT2D eigenvalue weighted by Gasteiger charge is -2.34. The molecule has 0 aliphatic carbocycles. The van der Waals surface area contributed by atoms with Gasteiger partial charge in [-0.3, -0.25) is 9.89 Å². The summed E-state index contributed by atoms with van der Waals surface area (Å²) in [6.07, 6.45) is 3.60. The topological polar surface area (TPSA) is 67.4 Å². The Hall–Kier alpha value is -1.99. The van der Waals surface area contributed by atoms with Crippen molar-refractivity contribution in [3.8, 4) is 11.5 Å². The maximum atomic E-state index is 5.56. The number of methoxy groups -OCH3 is 2. The standard InChI is InChI=1S/C22H38N4O3/c1-5-7-8-11-24-22(23-6-2)25-17-19(26-12-14-29-15-13-26)18-9-10-20(27-3)21(16-18)28-4/h9-10,16,19H,5-8,11-15,17H2,1-4H3,(H2,23,24,25). The second-order valence-corrected chi connectivity index (χ2v) is 7.13. The van der Waals surface area contributed by atoms with Gasteiger partial charge in [0.2, 0.25) is 0 Å². The molecule has 1 heterocycles. The quantitative estimate of drug-likeness (QED) is 0.335. The van der Waals surface area contributed by atoms with Crippen molar-refractivity contribution in [2.75, 3.05) is 60.2 Å². The van der Waals surface area contributed by atoms with Gasteiger partial charge in [-0.25, -0.2) is 0 Å². The second kappa shape index (κ2) is 13.3. The van der Waals surface area contributed by atoms with Crippen molar-refractivity contribution in [2.45, 2.75) is 39.2 Å². The molecular weight excluding hydrogens is 368 g/mol. The van der Waals surface area contributed by atoms with Crippen molar-refractivity contribution in [3.63, 3.8) is 0 Å². The zero-order chi connectivity index (χ0) is 20.9. The lowest BCUT2D eigenvalue weighted by Crippen LogP contribution is -2.42. The van der Waals surface area contributed by atoms with Crippen LogP contribution in [-0.2, 0) is 4.74 Å². The van der Waals surface area contributed by atoms with Gasteiger partial charge in [-0.15, -0.1) is 0 Å². The zero-order valence-electron chi connectivity index (χ0n) is 18.5. The highest BCUT2D eigenvalue weighted by atomic mass is 16.5. The van der Waals surface area contributed by atoms with Gasteiger partial charge in [0.15, 0.2) is 17.5 Å². The molecule has 1 saturated heterocycles. The second-order valence-electron chi connectivity index (χ2n) is 7.13. The fourth-order valence-corrected chi connectivity index (χ4v) is 3.48. The van der Waals surface area contributed by atoms with E-state index in [2.05, 4.69) is 41.5 Å². The predicted octanol–water partition coefficient (Wildman–Crippen LogP) is 2.82. The summed E-state index contributed by atoms with van der Waals surface area (Å²) >= 11 is 0. The number of nitrogens with one attached hydrogen (secondary N) is 2. The molecule has 164 valence electrons. The predicted molar refractivity (Wildman–Crippen MR) is 118 cm³/mol. The summed E-state index contributed by atoms with van der Waals surface area (Å²) in [6.45, 7) is 10.1. The van der Waals surface area contributed by atoms with E-state index in [1.54, 1.807) is 14.2 Å². The molecule has 2 rings (SSSR count). The number of nitrogens with zero attached hydrogens (tertiary/aromatic N) is 2. The zero-order valence-corrected chi connectivity index (χ0v) is 18.5. The van der Waals surface area contributed by atoms with Gasteiger partial charge in [0.05, 0.1) is 40.0 Å². The van der Waals surface area contributed by atoms with E-state index in [0.717, 1.165) is 63.3 Å². The molecule has 0 bridgehead atoms. The molecule has 0 aromatic heterocycles. The first-order valence-corrected chi connectivity index (χ1v) is 10.8. The summed E-state index contributed by atoms with van der Waals surface area (Å²) in [7, 11) is 3.33. The van der Waals surface area contributed by atoms with Crippen molar-refractivity contribution in [3.05, 3.63) is 23.8 Å². The number of hydrogen-bond acceptors (Lipinski definition) is 5. The minimum absolute atomic E-state index is 0.157. The third-order valence-electron chi connectivity index (χ3n) is 5.12. The molecular formula is C22H38N4O3. The molecule has 29 heavy (non-hydrogen) atoms. The Labute approximate surface area is 175 Å². The molecule has 1 atom stereocenters. The van der Waals surface area contributed by atoms with Crippen molar-refractivity contribution >= 4 is 5.96 Å². The molecule has 1 aliphatic heterocycles. The van der Waals surface area contributed by atoms with Crippen LogP contribution in [0.3, 0.4) is 0 Å². The van der Waals surface area contributed by atoms with Crippen molar-refractivity contribution in [1.29, 1.82) is 0 Å². The van der Waals surface area contributed by atoms with Crippen molar-refractivity contribution in [2.24, 2.45) is 4.99 Å². The Morgan fingerprint density at radius 1 is 1.10 bits per heavy atom. The van der Waals surface area contributed by atoms with Crippen LogP contribution in [0, 0.1) is 0 Å². The number of unbranched alkanes of at least 4 members (excludes halogenated alkanes) is 2. The van der Waals surface area contributed by atoms with E-state index >= 15 is 0 Å². The molecule has 1 aromatic rings. The Morgan fingerprint density at radius 2 is 1.86 bits per heavy atom. The molecule has 0 saturated carbocycles. The first kappa shape index (κ1) is 23.3. The van der Waals surface area contributed by atoms with Crippen LogP contribution in [0.5, 0.6) is 11.5 Å². The molecule has 1 aromatic carbocycles. The van der Waals surface area contributed by atoms with Gasteiger partial charge in [0, 0.05) is 26.2 Å². The largest absolute Gasteiger partial charge is 0.493 e. The Balaban J connectivity index is 2.18. The van der Waals surface area contributed by atoms with Crippen LogP contribution in [-0.4, -0.2) is 71.0 Å². The summed E-state index contributed by atoms with van der Waals surface area (Å²) in [5.41, 5.74) is 1.18. The van der Waals surface area contributed by atoms with Crippen molar-refractivity contribution in [1.82, 2.24) is 15.5 Å². The normalized spacial score (nSPS) is 16.3. The molecule has 1 unspecified atom stereocenters. The van der Waals surface area contributed by atoms with Crippen LogP contribution < -0.4 is 20.1 Å². The minimum atomic E-state index is 0.157. The summed E-state index contributed by atoms with van der Waals surface area (Å²) < 4.78 is 16.5. The van der Waals surface area contributed by atoms with Crippen LogP contribution in [0.4, 0.5) is 0 Å². The van der Waals surface area contributed by atoms with E-state index in [1.807, 2.05) is 6.07 Å². The number of rotatable bonds is 11. The van der Waals surface area contributed by atoms with E-state index in [0.29, 0.717) is 6.54 Å². The number of morpholine rings is 1. The summed E-state index contributed by atoms with van der Waals surface area (Å²) in [5.74, 6) is 2.37. The van der Waals surface area contributed by atoms with Gasteiger partial charge in [-0.1, -0.05) is 25.8 Å². The number of ether oxygens (including phenoxy) is 3. The maximum Gasteiger partial charge on any atom is 0.191 e. The molecule has 1 aliphatic rings. The lowest BCUT2D eigenvalue weighted by molar-refractivity contribution is 0.0179. The monoisotopic (exact) mass is 406 g/mol. The minimum Gasteiger partial charge on any atom is -0.493 e. The van der Waals surface area contributed by atoms with E-state index in [-0.39, 0.29) is 6.04 Å². The van der Waals surface area contributed by atoms with Gasteiger partial charge in [-0.05, 0) is 31.0 Å². The first-order chi connectivity index (χ1) is 14.2. The Kier molecular flexibility index (Phi) is 10.7. The highest BCUT2D eigenvalue weighted by Crippen LogP contribution is 2.32. The summed E-state index contributed by atoms with van der Waals surface area (Å²) in [4.78, 5) is 7.34. The fraction of sp³-hybridized carbons (Fsp3) is 0.682. The van der Waals surface area contributed by atoms with Crippen LogP contribution in [0.15, 0.2) is 23.2 Å². The van der Waals surface area contributed by atoms with Crippen LogP contribution in [0.1, 0.15) is 44.7 Å². The molecule has 1 fully saturated rings. The van der Waals surface area contributed by atoms with Crippen molar-refractivity contribution < 1.29 is 14.2 Å². The van der Waals surface area contributed by atoms with E-state index in [1.165, 1.54) is 18.4 Å². The highest BCUT2D eigenvalue weighted by Gasteiger charge is 2.24. The van der Waals surface area contributed by atoms with Crippen LogP contribution >= 0.6 is 0 Å². The molecule has 0 spiro atoms. The first-order valence-electron chi connectivity index (χ1n) is 10.8. The van der Waals surface area contributed by atoms with E-state index < -0.39 is 0 Å². The summed E-state index contributed by atoms with van der Waals surface area (Å²) in [6, 6.07) is 6.30. The van der Waals surface area contributed by atoms with Gasteiger partial charge < -0.3 is 24.8 Å². The van der Waals surface area contributed by atoms with E-state index in [9.17, 15) is 0 Å². The highest BCUT2D eigenvalue weighted by molar-refractivity contribution is 5.79. The average Bonchev–Trinajstić information content (AvgIpc) is 2.77. The molecule has 0 amide bonds. The SMILES string of the molecule is CCCCCNC(=NCC(c1ccc(OC)c(OC)c1)N1CCOCC1)NCC. The lowest BCUT2D eigenvalue weighted by atomic mass is 10.0. The van der Waals surface area contributed by atoms with Gasteiger partial charge in [0.25, 0.3) is 0 Å². The number of hydrogen-bond donors (Lipinski definition) is 2. The smallest absolute Gasteiger partial charge is 0.191 e. The molecule has 0 radical (unpaired) electrons. The number of benzene rings is 1. The Morgan fingerprint density at radius 3 is 2.52 bits per heavy atom. The average molecular weight is 407 g/mol. The maximum absolute atomic E-state index is 5.56. The third-order valence-corrected chi connectivity index (χ3v) is 5.12.